The lowest BCUT2D eigenvalue weighted by Crippen LogP contribution is -2.50. The molecule has 0 aromatic rings. The van der Waals surface area contributed by atoms with Crippen molar-refractivity contribution in [1.29, 1.82) is 0 Å². The summed E-state index contributed by atoms with van der Waals surface area (Å²) in [4.78, 5) is 26.4. The highest BCUT2D eigenvalue weighted by atomic mass is 19.4. The van der Waals surface area contributed by atoms with Gasteiger partial charge in [0.15, 0.2) is 0 Å². The molecule has 2 amide bonds. The van der Waals surface area contributed by atoms with E-state index in [0.717, 1.165) is 4.90 Å². The fourth-order valence-electron chi connectivity index (χ4n) is 2.39. The molecule has 116 valence electrons. The molecule has 0 bridgehead atoms. The van der Waals surface area contributed by atoms with Gasteiger partial charge in [-0.15, -0.1) is 0 Å². The molecule has 0 spiro atoms. The second-order valence-corrected chi connectivity index (χ2v) is 5.31. The van der Waals surface area contributed by atoms with E-state index in [9.17, 15) is 22.8 Å². The molecule has 0 aromatic carbocycles. The number of hydrogen-bond donors (Lipinski definition) is 0. The van der Waals surface area contributed by atoms with Gasteiger partial charge < -0.3 is 9.80 Å². The van der Waals surface area contributed by atoms with Crippen LogP contribution >= 0.6 is 0 Å². The van der Waals surface area contributed by atoms with Crippen LogP contribution in [0.1, 0.15) is 33.6 Å². The van der Waals surface area contributed by atoms with Crippen LogP contribution in [-0.2, 0) is 9.59 Å². The predicted octanol–water partition coefficient (Wildman–Crippen LogP) is 2.04. The molecular formula is C13H21F3N2O2. The Morgan fingerprint density at radius 1 is 1.35 bits per heavy atom. The molecule has 1 heterocycles. The molecule has 1 aliphatic heterocycles. The van der Waals surface area contributed by atoms with E-state index in [2.05, 4.69) is 0 Å². The molecule has 0 saturated carbocycles. The Hall–Kier alpha value is -1.27. The van der Waals surface area contributed by atoms with Gasteiger partial charge in [-0.3, -0.25) is 9.59 Å². The zero-order valence-electron chi connectivity index (χ0n) is 12.0. The van der Waals surface area contributed by atoms with Crippen molar-refractivity contribution >= 4 is 11.8 Å². The van der Waals surface area contributed by atoms with E-state index >= 15 is 0 Å². The average Bonchev–Trinajstić information content (AvgIpc) is 2.81. The molecule has 7 heteroatoms. The summed E-state index contributed by atoms with van der Waals surface area (Å²) in [5.41, 5.74) is 0. The standard InChI is InChI=1S/C13H21F3N2O2/c1-4-17(8-13(14,15)16)12(20)10-6-5-7-18(10)11(19)9(2)3/h9-10H,4-8H2,1-3H3/t10-/m1/s1. The maximum Gasteiger partial charge on any atom is 0.406 e. The highest BCUT2D eigenvalue weighted by molar-refractivity contribution is 5.89. The monoisotopic (exact) mass is 294 g/mol. The number of alkyl halides is 3. The number of rotatable bonds is 4. The van der Waals surface area contributed by atoms with E-state index in [4.69, 9.17) is 0 Å². The number of halogens is 3. The summed E-state index contributed by atoms with van der Waals surface area (Å²) >= 11 is 0. The number of hydrogen-bond acceptors (Lipinski definition) is 2. The van der Waals surface area contributed by atoms with Crippen LogP contribution < -0.4 is 0 Å². The lowest BCUT2D eigenvalue weighted by atomic mass is 10.1. The fourth-order valence-corrected chi connectivity index (χ4v) is 2.39. The van der Waals surface area contributed by atoms with Gasteiger partial charge in [0.2, 0.25) is 11.8 Å². The van der Waals surface area contributed by atoms with Gasteiger partial charge in [0.1, 0.15) is 12.6 Å². The van der Waals surface area contributed by atoms with Gasteiger partial charge in [0, 0.05) is 19.0 Å². The van der Waals surface area contributed by atoms with Crippen molar-refractivity contribution in [2.75, 3.05) is 19.6 Å². The second-order valence-electron chi connectivity index (χ2n) is 5.31. The minimum Gasteiger partial charge on any atom is -0.332 e. The summed E-state index contributed by atoms with van der Waals surface area (Å²) in [6, 6.07) is -0.743. The predicted molar refractivity (Wildman–Crippen MR) is 67.9 cm³/mol. The van der Waals surface area contributed by atoms with Gasteiger partial charge in [0.05, 0.1) is 0 Å². The zero-order chi connectivity index (χ0) is 15.5. The number of carbonyl (C=O) groups excluding carboxylic acids is 2. The number of amides is 2. The van der Waals surface area contributed by atoms with E-state index in [1.165, 1.54) is 11.8 Å². The van der Waals surface area contributed by atoms with Crippen LogP contribution in [0.25, 0.3) is 0 Å². The minimum absolute atomic E-state index is 0.0153. The van der Waals surface area contributed by atoms with Gasteiger partial charge in [-0.25, -0.2) is 0 Å². The molecule has 0 N–H and O–H groups in total. The third-order valence-corrected chi connectivity index (χ3v) is 3.38. The van der Waals surface area contributed by atoms with Gasteiger partial charge in [0.25, 0.3) is 0 Å². The molecule has 0 unspecified atom stereocenters. The molecule has 1 rings (SSSR count). The molecule has 0 aliphatic carbocycles. The summed E-state index contributed by atoms with van der Waals surface area (Å²) in [5.74, 6) is -1.04. The summed E-state index contributed by atoms with van der Waals surface area (Å²) in [6.45, 7) is 4.11. The molecule has 0 aromatic heterocycles. The first kappa shape index (κ1) is 16.8. The molecular weight excluding hydrogens is 273 g/mol. The maximum absolute atomic E-state index is 12.4. The van der Waals surface area contributed by atoms with E-state index in [1.807, 2.05) is 0 Å². The first-order chi connectivity index (χ1) is 9.17. The third kappa shape index (κ3) is 4.11. The summed E-state index contributed by atoms with van der Waals surface area (Å²) in [6.07, 6.45) is -3.33. The Kier molecular flexibility index (Phi) is 5.42. The Balaban J connectivity index is 2.80. The first-order valence-electron chi connectivity index (χ1n) is 6.83. The molecule has 20 heavy (non-hydrogen) atoms. The lowest BCUT2D eigenvalue weighted by molar-refractivity contribution is -0.164. The average molecular weight is 294 g/mol. The number of likely N-dealkylation sites (tertiary alicyclic amines) is 1. The molecule has 0 radical (unpaired) electrons. The highest BCUT2D eigenvalue weighted by Gasteiger charge is 2.40. The van der Waals surface area contributed by atoms with Crippen molar-refractivity contribution < 1.29 is 22.8 Å². The smallest absolute Gasteiger partial charge is 0.332 e. The van der Waals surface area contributed by atoms with Gasteiger partial charge in [-0.1, -0.05) is 13.8 Å². The van der Waals surface area contributed by atoms with Crippen LogP contribution in [0.3, 0.4) is 0 Å². The summed E-state index contributed by atoms with van der Waals surface area (Å²) < 4.78 is 37.3. The topological polar surface area (TPSA) is 40.6 Å². The van der Waals surface area contributed by atoms with Crippen molar-refractivity contribution in [2.45, 2.75) is 45.8 Å². The van der Waals surface area contributed by atoms with Crippen LogP contribution in [0.15, 0.2) is 0 Å². The molecule has 4 nitrogen and oxygen atoms in total. The first-order valence-corrected chi connectivity index (χ1v) is 6.83. The lowest BCUT2D eigenvalue weighted by Gasteiger charge is -2.31. The number of carbonyl (C=O) groups is 2. The fraction of sp³-hybridized carbons (Fsp3) is 0.846. The summed E-state index contributed by atoms with van der Waals surface area (Å²) in [7, 11) is 0. The van der Waals surface area contributed by atoms with Crippen molar-refractivity contribution in [3.63, 3.8) is 0 Å². The number of likely N-dealkylation sites (N-methyl/N-ethyl adjacent to an activating group) is 1. The van der Waals surface area contributed by atoms with Crippen LogP contribution in [0.2, 0.25) is 0 Å². The van der Waals surface area contributed by atoms with Crippen LogP contribution in [-0.4, -0.2) is 53.5 Å². The van der Waals surface area contributed by atoms with Crippen molar-refractivity contribution in [1.82, 2.24) is 9.80 Å². The minimum atomic E-state index is -4.42. The van der Waals surface area contributed by atoms with Crippen LogP contribution in [0, 0.1) is 5.92 Å². The maximum atomic E-state index is 12.4. The largest absolute Gasteiger partial charge is 0.406 e. The normalized spacial score (nSPS) is 19.6. The quantitative estimate of drug-likeness (QED) is 0.796. The van der Waals surface area contributed by atoms with Gasteiger partial charge in [-0.05, 0) is 19.8 Å². The van der Waals surface area contributed by atoms with E-state index in [0.29, 0.717) is 19.4 Å². The number of nitrogens with zero attached hydrogens (tertiary/aromatic N) is 2. The van der Waals surface area contributed by atoms with Crippen molar-refractivity contribution in [3.05, 3.63) is 0 Å². The molecule has 1 aliphatic rings. The zero-order valence-corrected chi connectivity index (χ0v) is 12.0. The Morgan fingerprint density at radius 3 is 2.40 bits per heavy atom. The highest BCUT2D eigenvalue weighted by Crippen LogP contribution is 2.23. The van der Waals surface area contributed by atoms with Gasteiger partial charge >= 0.3 is 6.18 Å². The Labute approximate surface area is 116 Å². The third-order valence-electron chi connectivity index (χ3n) is 3.38. The van der Waals surface area contributed by atoms with E-state index in [1.54, 1.807) is 13.8 Å². The Bertz CT molecular complexity index is 369. The van der Waals surface area contributed by atoms with Crippen molar-refractivity contribution in [2.24, 2.45) is 5.92 Å². The SMILES string of the molecule is CCN(CC(F)(F)F)C(=O)[C@H]1CCCN1C(=O)C(C)C. The van der Waals surface area contributed by atoms with Crippen molar-refractivity contribution in [3.8, 4) is 0 Å². The van der Waals surface area contributed by atoms with Crippen LogP contribution in [0.4, 0.5) is 13.2 Å². The van der Waals surface area contributed by atoms with Gasteiger partial charge in [-0.2, -0.15) is 13.2 Å². The van der Waals surface area contributed by atoms with Crippen LogP contribution in [0.5, 0.6) is 0 Å². The molecule has 1 fully saturated rings. The van der Waals surface area contributed by atoms with E-state index < -0.39 is 24.7 Å². The molecule has 1 atom stereocenters. The Morgan fingerprint density at radius 2 is 1.95 bits per heavy atom. The summed E-state index contributed by atoms with van der Waals surface area (Å²) in [5, 5.41) is 0. The van der Waals surface area contributed by atoms with E-state index in [-0.39, 0.29) is 18.4 Å². The second kappa shape index (κ2) is 6.45. The molecule has 1 saturated heterocycles.